The van der Waals surface area contributed by atoms with Gasteiger partial charge < -0.3 is 10.1 Å². The molecule has 10 heteroatoms. The Hall–Kier alpha value is -3.79. The first-order valence-corrected chi connectivity index (χ1v) is 10.7. The van der Waals surface area contributed by atoms with Gasteiger partial charge in [0.05, 0.1) is 10.6 Å². The van der Waals surface area contributed by atoms with Crippen LogP contribution in [-0.2, 0) is 4.79 Å². The van der Waals surface area contributed by atoms with Crippen molar-refractivity contribution in [3.63, 3.8) is 0 Å². The quantitative estimate of drug-likeness (QED) is 0.441. The number of H-pyrrole nitrogens is 1. The van der Waals surface area contributed by atoms with E-state index in [1.165, 1.54) is 40.3 Å². The van der Waals surface area contributed by atoms with Gasteiger partial charge in [-0.15, -0.1) is 11.3 Å². The first kappa shape index (κ1) is 21.4. The van der Waals surface area contributed by atoms with Gasteiger partial charge in [0.1, 0.15) is 11.5 Å². The minimum atomic E-state index is -0.558. The van der Waals surface area contributed by atoms with Crippen molar-refractivity contribution >= 4 is 23.1 Å². The molecule has 0 aliphatic heterocycles. The maximum absolute atomic E-state index is 13.7. The second kappa shape index (κ2) is 9.15. The normalized spacial score (nSPS) is 11.0. The second-order valence-electron chi connectivity index (χ2n) is 7.22. The largest absolute Gasteiger partial charge is 0.481 e. The summed E-state index contributed by atoms with van der Waals surface area (Å²) in [5.74, 6) is -0.609. The number of aromatic amines is 1. The van der Waals surface area contributed by atoms with E-state index in [9.17, 15) is 14.0 Å². The van der Waals surface area contributed by atoms with Gasteiger partial charge in [-0.25, -0.2) is 9.37 Å². The van der Waals surface area contributed by atoms with E-state index in [2.05, 4.69) is 20.4 Å². The lowest BCUT2D eigenvalue weighted by Gasteiger charge is -2.11. The minimum absolute atomic E-state index is 0.0222. The third kappa shape index (κ3) is 4.75. The van der Waals surface area contributed by atoms with Gasteiger partial charge in [0.2, 0.25) is 5.95 Å². The lowest BCUT2D eigenvalue weighted by molar-refractivity contribution is -0.118. The molecule has 1 aromatic carbocycles. The van der Waals surface area contributed by atoms with Crippen LogP contribution in [0.2, 0.25) is 0 Å². The van der Waals surface area contributed by atoms with Crippen molar-refractivity contribution in [1.29, 1.82) is 0 Å². The molecule has 32 heavy (non-hydrogen) atoms. The molecule has 3 heterocycles. The van der Waals surface area contributed by atoms with Crippen molar-refractivity contribution in [2.24, 2.45) is 0 Å². The zero-order valence-corrected chi connectivity index (χ0v) is 18.1. The van der Waals surface area contributed by atoms with Gasteiger partial charge in [0, 0.05) is 12.1 Å². The number of thiophene rings is 1. The predicted molar refractivity (Wildman–Crippen MR) is 120 cm³/mol. The van der Waals surface area contributed by atoms with Crippen LogP contribution in [0.3, 0.4) is 0 Å². The third-order valence-corrected chi connectivity index (χ3v) is 5.38. The molecular formula is C22H20FN5O3S. The summed E-state index contributed by atoms with van der Waals surface area (Å²) >= 11 is 1.49. The van der Waals surface area contributed by atoms with E-state index in [4.69, 9.17) is 4.74 Å². The van der Waals surface area contributed by atoms with Crippen LogP contribution < -0.4 is 15.6 Å². The maximum Gasteiger partial charge on any atom is 0.263 e. The Balaban J connectivity index is 1.64. The molecule has 4 rings (SSSR count). The summed E-state index contributed by atoms with van der Waals surface area (Å²) < 4.78 is 20.4. The van der Waals surface area contributed by atoms with Crippen molar-refractivity contribution in [1.82, 2.24) is 19.7 Å². The average molecular weight is 453 g/mol. The van der Waals surface area contributed by atoms with Crippen molar-refractivity contribution in [2.45, 2.75) is 19.8 Å². The number of para-hydroxylation sites is 1. The van der Waals surface area contributed by atoms with E-state index < -0.39 is 18.3 Å². The summed E-state index contributed by atoms with van der Waals surface area (Å²) in [6.45, 7) is 3.44. The molecule has 8 nitrogen and oxygen atoms in total. The Morgan fingerprint density at radius 1 is 1.25 bits per heavy atom. The first-order valence-electron chi connectivity index (χ1n) is 9.83. The SMILES string of the molecule is CC(C)c1cc(=O)[nH]c(-n2nc(-c3cccs3)cc2NC(=O)COc2ccccc2F)n1. The first-order chi connectivity index (χ1) is 15.4. The Morgan fingerprint density at radius 2 is 2.06 bits per heavy atom. The second-order valence-corrected chi connectivity index (χ2v) is 8.17. The Morgan fingerprint density at radius 3 is 2.78 bits per heavy atom. The summed E-state index contributed by atoms with van der Waals surface area (Å²) in [6.07, 6.45) is 0. The highest BCUT2D eigenvalue weighted by molar-refractivity contribution is 7.13. The number of anilines is 1. The van der Waals surface area contributed by atoms with Crippen LogP contribution in [0.1, 0.15) is 25.5 Å². The van der Waals surface area contributed by atoms with Crippen LogP contribution in [0.4, 0.5) is 10.2 Å². The Kier molecular flexibility index (Phi) is 6.13. The maximum atomic E-state index is 13.7. The zero-order valence-electron chi connectivity index (χ0n) is 17.3. The van der Waals surface area contributed by atoms with E-state index in [1.807, 2.05) is 31.4 Å². The van der Waals surface area contributed by atoms with Crippen LogP contribution in [0, 0.1) is 5.82 Å². The fraction of sp³-hybridized carbons (Fsp3) is 0.182. The molecule has 164 valence electrons. The van der Waals surface area contributed by atoms with Crippen LogP contribution in [0.25, 0.3) is 16.5 Å². The van der Waals surface area contributed by atoms with Crippen molar-refractivity contribution < 1.29 is 13.9 Å². The highest BCUT2D eigenvalue weighted by Gasteiger charge is 2.17. The Bertz CT molecular complexity index is 1300. The highest BCUT2D eigenvalue weighted by Crippen LogP contribution is 2.27. The van der Waals surface area contributed by atoms with Crippen LogP contribution >= 0.6 is 11.3 Å². The number of rotatable bonds is 7. The summed E-state index contributed by atoms with van der Waals surface area (Å²) in [5.41, 5.74) is 0.868. The summed E-state index contributed by atoms with van der Waals surface area (Å²) in [5, 5.41) is 9.15. The minimum Gasteiger partial charge on any atom is -0.481 e. The number of hydrogen-bond acceptors (Lipinski definition) is 6. The monoisotopic (exact) mass is 453 g/mol. The molecule has 0 aliphatic rings. The molecule has 0 spiro atoms. The van der Waals surface area contributed by atoms with Gasteiger partial charge in [0.25, 0.3) is 11.5 Å². The zero-order chi connectivity index (χ0) is 22.7. The van der Waals surface area contributed by atoms with Crippen molar-refractivity contribution in [3.8, 4) is 22.3 Å². The highest BCUT2D eigenvalue weighted by atomic mass is 32.1. The van der Waals surface area contributed by atoms with Crippen LogP contribution in [0.15, 0.2) is 58.7 Å². The lowest BCUT2D eigenvalue weighted by Crippen LogP contribution is -2.23. The van der Waals surface area contributed by atoms with Gasteiger partial charge >= 0.3 is 0 Å². The number of benzene rings is 1. The van der Waals surface area contributed by atoms with Gasteiger partial charge in [-0.2, -0.15) is 9.78 Å². The van der Waals surface area contributed by atoms with Gasteiger partial charge in [0.15, 0.2) is 18.2 Å². The van der Waals surface area contributed by atoms with Crippen molar-refractivity contribution in [3.05, 3.63) is 75.8 Å². The molecule has 0 bridgehead atoms. The fourth-order valence-corrected chi connectivity index (χ4v) is 3.60. The Labute approximate surface area is 186 Å². The molecule has 0 saturated carbocycles. The van der Waals surface area contributed by atoms with Gasteiger partial charge in [-0.3, -0.25) is 14.6 Å². The average Bonchev–Trinajstić information content (AvgIpc) is 3.43. The molecule has 0 fully saturated rings. The number of amides is 1. The molecule has 3 aromatic heterocycles. The summed E-state index contributed by atoms with van der Waals surface area (Å²) in [4.78, 5) is 32.7. The smallest absolute Gasteiger partial charge is 0.263 e. The molecule has 2 N–H and O–H groups in total. The number of nitrogens with zero attached hydrogens (tertiary/aromatic N) is 3. The van der Waals surface area contributed by atoms with Gasteiger partial charge in [-0.1, -0.05) is 32.0 Å². The predicted octanol–water partition coefficient (Wildman–Crippen LogP) is 3.96. The number of carbonyl (C=O) groups excluding carboxylic acids is 1. The lowest BCUT2D eigenvalue weighted by atomic mass is 10.1. The molecule has 0 saturated heterocycles. The number of carbonyl (C=O) groups is 1. The van der Waals surface area contributed by atoms with Gasteiger partial charge in [-0.05, 0) is 29.5 Å². The number of nitrogens with one attached hydrogen (secondary N) is 2. The number of aromatic nitrogens is 4. The molecule has 0 aliphatic carbocycles. The van der Waals surface area contributed by atoms with E-state index in [-0.39, 0.29) is 23.2 Å². The number of hydrogen-bond donors (Lipinski definition) is 2. The van der Waals surface area contributed by atoms with Crippen molar-refractivity contribution in [2.75, 3.05) is 11.9 Å². The van der Waals surface area contributed by atoms with Crippen LogP contribution in [0.5, 0.6) is 5.75 Å². The standard InChI is InChI=1S/C22H20FN5O3S/c1-13(2)15-11-20(29)26-22(24-15)28-19(10-16(27-28)18-8-5-9-32-18)25-21(30)12-31-17-7-4-3-6-14(17)23/h3-11,13H,12H2,1-2H3,(H,25,30)(H,24,26,29). The number of ether oxygens (including phenoxy) is 1. The molecular weight excluding hydrogens is 433 g/mol. The fourth-order valence-electron chi connectivity index (χ4n) is 2.92. The summed E-state index contributed by atoms with van der Waals surface area (Å²) in [7, 11) is 0. The van der Waals surface area contributed by atoms with E-state index in [0.29, 0.717) is 17.2 Å². The third-order valence-electron chi connectivity index (χ3n) is 4.49. The summed E-state index contributed by atoms with van der Waals surface area (Å²) in [6, 6.07) is 12.7. The molecule has 0 unspecified atom stereocenters. The molecule has 0 atom stereocenters. The number of halogens is 1. The van der Waals surface area contributed by atoms with Crippen LogP contribution in [-0.4, -0.2) is 32.3 Å². The topological polar surface area (TPSA) is 102 Å². The molecule has 4 aromatic rings. The van der Waals surface area contributed by atoms with E-state index >= 15 is 0 Å². The molecule has 1 amide bonds. The van der Waals surface area contributed by atoms with E-state index in [0.717, 1.165) is 4.88 Å². The van der Waals surface area contributed by atoms with E-state index in [1.54, 1.807) is 12.1 Å². The molecule has 0 radical (unpaired) electrons.